The molecule has 2 heterocycles. The van der Waals surface area contributed by atoms with Crippen LogP contribution in [-0.4, -0.2) is 28.3 Å². The second-order valence-electron chi connectivity index (χ2n) is 5.72. The van der Waals surface area contributed by atoms with E-state index in [1.54, 1.807) is 4.68 Å². The quantitative estimate of drug-likeness (QED) is 0.923. The van der Waals surface area contributed by atoms with Gasteiger partial charge in [0.25, 0.3) is 0 Å². The predicted molar refractivity (Wildman–Crippen MR) is 93.6 cm³/mol. The summed E-state index contributed by atoms with van der Waals surface area (Å²) in [6, 6.07) is 5.56. The number of carbonyl (C=O) groups excluding carboxylic acids is 2. The molecule has 1 aliphatic rings. The van der Waals surface area contributed by atoms with Crippen LogP contribution in [0, 0.1) is 6.92 Å². The lowest BCUT2D eigenvalue weighted by atomic mass is 10.1. The van der Waals surface area contributed by atoms with Gasteiger partial charge in [0.2, 0.25) is 5.91 Å². The van der Waals surface area contributed by atoms with Gasteiger partial charge >= 0.3 is 6.03 Å². The Morgan fingerprint density at radius 2 is 1.96 bits per heavy atom. The molecule has 1 N–H and O–H groups in total. The Hall–Kier alpha value is -2.37. The van der Waals surface area contributed by atoms with Gasteiger partial charge in [-0.25, -0.2) is 4.79 Å². The summed E-state index contributed by atoms with van der Waals surface area (Å²) in [4.78, 5) is 24.6. The molecule has 0 atom stereocenters. The number of benzene rings is 1. The number of imide groups is 1. The minimum absolute atomic E-state index is 0. The van der Waals surface area contributed by atoms with Crippen molar-refractivity contribution in [1.82, 2.24) is 15.1 Å². The number of hydrogen-bond donors (Lipinski definition) is 1. The van der Waals surface area contributed by atoms with Crippen molar-refractivity contribution in [3.8, 4) is 0 Å². The van der Waals surface area contributed by atoms with Crippen molar-refractivity contribution in [1.29, 1.82) is 0 Å². The average molecular weight is 318 g/mol. The predicted octanol–water partition coefficient (Wildman–Crippen LogP) is 3.38. The Bertz CT molecular complexity index is 725. The Kier molecular flexibility index (Phi) is 5.36. The summed E-state index contributed by atoms with van der Waals surface area (Å²) >= 11 is 0. The van der Waals surface area contributed by atoms with Gasteiger partial charge in [-0.15, -0.1) is 0 Å². The number of nitrogens with zero attached hydrogens (tertiary/aromatic N) is 3. The third-order valence-corrected chi connectivity index (χ3v) is 3.80. The van der Waals surface area contributed by atoms with Gasteiger partial charge in [0.1, 0.15) is 0 Å². The lowest BCUT2D eigenvalue weighted by Crippen LogP contribution is -2.49. The number of aryl methyl sites for hydroxylation is 2. The molecule has 0 bridgehead atoms. The first kappa shape index (κ1) is 17.0. The molecule has 0 unspecified atom stereocenters. The van der Waals surface area contributed by atoms with Crippen LogP contribution in [0.4, 0.5) is 10.6 Å². The van der Waals surface area contributed by atoms with Gasteiger partial charge in [0.15, 0.2) is 5.82 Å². The molecule has 1 aromatic heterocycles. The Morgan fingerprint density at radius 3 is 2.57 bits per heavy atom. The fourth-order valence-electron chi connectivity index (χ4n) is 2.31. The van der Waals surface area contributed by atoms with E-state index in [4.69, 9.17) is 0 Å². The van der Waals surface area contributed by atoms with Gasteiger partial charge in [-0.2, -0.15) is 5.10 Å². The number of hydrogen-bond acceptors (Lipinski definition) is 3. The highest BCUT2D eigenvalue weighted by Gasteiger charge is 2.27. The van der Waals surface area contributed by atoms with Crippen molar-refractivity contribution in [3.63, 3.8) is 0 Å². The Morgan fingerprint density at radius 1 is 1.26 bits per heavy atom. The van der Waals surface area contributed by atoms with Crippen molar-refractivity contribution >= 4 is 28.7 Å². The van der Waals surface area contributed by atoms with E-state index in [1.165, 1.54) is 17.7 Å². The highest BCUT2D eigenvalue weighted by molar-refractivity contribution is 6.08. The van der Waals surface area contributed by atoms with Crippen molar-refractivity contribution in [3.05, 3.63) is 23.8 Å². The van der Waals surface area contributed by atoms with Crippen LogP contribution in [-0.2, 0) is 11.8 Å². The van der Waals surface area contributed by atoms with Crippen LogP contribution >= 0.6 is 0 Å². The normalized spacial score (nSPS) is 14.5. The molecule has 0 aliphatic carbocycles. The molecular weight excluding hydrogens is 292 g/mol. The molecule has 6 nitrogen and oxygen atoms in total. The van der Waals surface area contributed by atoms with E-state index >= 15 is 0 Å². The molecule has 1 aromatic carbocycles. The molecule has 0 saturated carbocycles. The third kappa shape index (κ3) is 3.70. The van der Waals surface area contributed by atoms with Crippen LogP contribution in [0.15, 0.2) is 18.2 Å². The Labute approximate surface area is 137 Å². The molecule has 6 heteroatoms. The van der Waals surface area contributed by atoms with Crippen LogP contribution in [0.2, 0.25) is 0 Å². The summed E-state index contributed by atoms with van der Waals surface area (Å²) in [6.45, 7) is 6.74. The molecule has 3 amide bonds. The SMILES string of the molecule is CCCC.Cc1ccc2c(N3CCC(=O)NC3=O)nn(C)c2c1.[HH]. The monoisotopic (exact) mass is 318 g/mol. The number of nitrogens with one attached hydrogen (secondary N) is 1. The zero-order chi connectivity index (χ0) is 17.0. The zero-order valence-corrected chi connectivity index (χ0v) is 14.2. The smallest absolute Gasteiger partial charge is 0.278 e. The zero-order valence-electron chi connectivity index (χ0n) is 14.2. The van der Waals surface area contributed by atoms with Crippen LogP contribution in [0.25, 0.3) is 10.9 Å². The van der Waals surface area contributed by atoms with Gasteiger partial charge in [-0.1, -0.05) is 32.8 Å². The molecule has 2 aromatic rings. The number of urea groups is 1. The number of amides is 3. The van der Waals surface area contributed by atoms with Gasteiger partial charge in [0.05, 0.1) is 5.52 Å². The van der Waals surface area contributed by atoms with Crippen LogP contribution in [0.1, 0.15) is 40.1 Å². The second-order valence-corrected chi connectivity index (χ2v) is 5.72. The largest absolute Gasteiger partial charge is 0.329 e. The van der Waals surface area contributed by atoms with E-state index in [2.05, 4.69) is 24.3 Å². The fourth-order valence-corrected chi connectivity index (χ4v) is 2.31. The van der Waals surface area contributed by atoms with Crippen molar-refractivity contribution < 1.29 is 11.0 Å². The number of carbonyl (C=O) groups is 2. The topological polar surface area (TPSA) is 67.2 Å². The summed E-state index contributed by atoms with van der Waals surface area (Å²) in [7, 11) is 1.85. The summed E-state index contributed by atoms with van der Waals surface area (Å²) in [5.74, 6) is 0.361. The Balaban J connectivity index is 0.000000522. The standard InChI is InChI=1S/C13H14N4O2.C4H10.H2/c1-8-3-4-9-10(7-8)16(2)15-12(9)17-6-5-11(18)14-13(17)19;1-3-4-2;/h3-4,7H,5-6H2,1-2H3,(H,14,18,19);3-4H2,1-2H3;1H. The number of unbranched alkanes of at least 4 members (excludes halogenated alkanes) is 1. The van der Waals surface area contributed by atoms with E-state index in [0.717, 1.165) is 16.5 Å². The minimum atomic E-state index is -0.406. The molecule has 0 radical (unpaired) electrons. The van der Waals surface area contributed by atoms with Crippen molar-refractivity contribution in [2.75, 3.05) is 11.4 Å². The number of anilines is 1. The van der Waals surface area contributed by atoms with E-state index in [1.807, 2.05) is 32.2 Å². The highest BCUT2D eigenvalue weighted by atomic mass is 16.2. The first-order valence-electron chi connectivity index (χ1n) is 8.02. The van der Waals surface area contributed by atoms with Gasteiger partial charge in [-0.05, 0) is 24.6 Å². The van der Waals surface area contributed by atoms with E-state index in [0.29, 0.717) is 18.8 Å². The lowest BCUT2D eigenvalue weighted by Gasteiger charge is -2.24. The fraction of sp³-hybridized carbons (Fsp3) is 0.471. The first-order valence-corrected chi connectivity index (χ1v) is 8.02. The maximum atomic E-state index is 11.9. The number of fused-ring (bicyclic) bond motifs is 1. The van der Waals surface area contributed by atoms with E-state index in [-0.39, 0.29) is 7.33 Å². The van der Waals surface area contributed by atoms with Crippen LogP contribution < -0.4 is 10.2 Å². The second kappa shape index (κ2) is 7.26. The third-order valence-electron chi connectivity index (χ3n) is 3.80. The molecule has 1 aliphatic heterocycles. The molecule has 126 valence electrons. The molecule has 0 spiro atoms. The maximum Gasteiger partial charge on any atom is 0.329 e. The molecular formula is C17H26N4O2. The highest BCUT2D eigenvalue weighted by Crippen LogP contribution is 2.27. The van der Waals surface area contributed by atoms with E-state index < -0.39 is 6.03 Å². The maximum absolute atomic E-state index is 11.9. The molecule has 3 rings (SSSR count). The molecule has 23 heavy (non-hydrogen) atoms. The number of aromatic nitrogens is 2. The van der Waals surface area contributed by atoms with Gasteiger partial charge in [-0.3, -0.25) is 19.7 Å². The van der Waals surface area contributed by atoms with Crippen molar-refractivity contribution in [2.24, 2.45) is 7.05 Å². The van der Waals surface area contributed by atoms with Crippen LogP contribution in [0.3, 0.4) is 0 Å². The molecule has 1 saturated heterocycles. The van der Waals surface area contributed by atoms with Gasteiger partial charge in [0, 0.05) is 26.8 Å². The minimum Gasteiger partial charge on any atom is -0.278 e. The summed E-state index contributed by atoms with van der Waals surface area (Å²) < 4.78 is 1.75. The summed E-state index contributed by atoms with van der Waals surface area (Å²) in [5.41, 5.74) is 2.11. The van der Waals surface area contributed by atoms with Crippen LogP contribution in [0.5, 0.6) is 0 Å². The first-order chi connectivity index (χ1) is 11.0. The number of rotatable bonds is 2. The summed E-state index contributed by atoms with van der Waals surface area (Å²) in [6.07, 6.45) is 2.94. The van der Waals surface area contributed by atoms with Gasteiger partial charge < -0.3 is 0 Å². The molecule has 1 fully saturated rings. The lowest BCUT2D eigenvalue weighted by molar-refractivity contribution is -0.120. The summed E-state index contributed by atoms with van der Waals surface area (Å²) in [5, 5.41) is 7.63. The van der Waals surface area contributed by atoms with E-state index in [9.17, 15) is 9.59 Å². The average Bonchev–Trinajstić information content (AvgIpc) is 2.84. The van der Waals surface area contributed by atoms with Crippen molar-refractivity contribution in [2.45, 2.75) is 40.0 Å².